The smallest absolute Gasteiger partial charge is 0.306 e. The second-order valence-corrected chi connectivity index (χ2v) is 26.2. The summed E-state index contributed by atoms with van der Waals surface area (Å²) in [5, 5.41) is 11.8. The minimum Gasteiger partial charge on any atom is -0.545 e. The van der Waals surface area contributed by atoms with Gasteiger partial charge in [-0.05, 0) is 128 Å². The number of hydrogen-bond acceptors (Lipinski definition) is 8. The fraction of sp³-hybridized carbons (Fsp3) is 0.640. The van der Waals surface area contributed by atoms with Crippen molar-refractivity contribution in [1.82, 2.24) is 0 Å². The van der Waals surface area contributed by atoms with E-state index in [1.165, 1.54) is 141 Å². The highest BCUT2D eigenvalue weighted by atomic mass is 16.7. The van der Waals surface area contributed by atoms with E-state index in [4.69, 9.17) is 18.9 Å². The highest BCUT2D eigenvalue weighted by molar-refractivity contribution is 5.70. The van der Waals surface area contributed by atoms with Gasteiger partial charge in [-0.1, -0.05) is 325 Å². The number of hydrogen-bond donors (Lipinski definition) is 0. The van der Waals surface area contributed by atoms with Crippen LogP contribution in [0.15, 0.2) is 170 Å². The molecule has 0 rings (SSSR count). The number of rotatable bonds is 69. The molecule has 0 aliphatic carbocycles. The van der Waals surface area contributed by atoms with Gasteiger partial charge in [-0.25, -0.2) is 0 Å². The first-order valence-electron chi connectivity index (χ1n) is 38.3. The van der Waals surface area contributed by atoms with Crippen molar-refractivity contribution in [2.45, 2.75) is 309 Å². The Labute approximate surface area is 584 Å². The summed E-state index contributed by atoms with van der Waals surface area (Å²) in [4.78, 5) is 37.5. The molecule has 538 valence electrons. The van der Waals surface area contributed by atoms with E-state index >= 15 is 0 Å². The molecule has 0 saturated carbocycles. The van der Waals surface area contributed by atoms with Crippen molar-refractivity contribution in [2.24, 2.45) is 0 Å². The molecule has 0 radical (unpaired) electrons. The van der Waals surface area contributed by atoms with E-state index in [1.54, 1.807) is 0 Å². The molecular weight excluding hydrogens is 1170 g/mol. The van der Waals surface area contributed by atoms with Crippen LogP contribution in [-0.4, -0.2) is 82.3 Å². The second-order valence-electron chi connectivity index (χ2n) is 26.2. The molecule has 2 atom stereocenters. The van der Waals surface area contributed by atoms with Gasteiger partial charge in [0.25, 0.3) is 0 Å². The van der Waals surface area contributed by atoms with Gasteiger partial charge in [0, 0.05) is 12.8 Å². The van der Waals surface area contributed by atoms with Gasteiger partial charge in [0.2, 0.25) is 0 Å². The van der Waals surface area contributed by atoms with Gasteiger partial charge in [0.05, 0.1) is 40.3 Å². The average Bonchev–Trinajstić information content (AvgIpc) is 3.75. The summed E-state index contributed by atoms with van der Waals surface area (Å²) in [6.45, 7) is 4.48. The normalized spacial score (nSPS) is 13.7. The number of carbonyl (C=O) groups is 3. The highest BCUT2D eigenvalue weighted by Gasteiger charge is 2.22. The fourth-order valence-electron chi connectivity index (χ4n) is 10.2. The lowest BCUT2D eigenvalue weighted by Gasteiger charge is -2.26. The third-order valence-corrected chi connectivity index (χ3v) is 16.0. The molecule has 0 saturated heterocycles. The van der Waals surface area contributed by atoms with E-state index in [0.29, 0.717) is 17.4 Å². The number of carboxylic acids is 1. The van der Waals surface area contributed by atoms with Crippen molar-refractivity contribution in [3.8, 4) is 0 Å². The molecule has 0 aromatic heterocycles. The van der Waals surface area contributed by atoms with E-state index in [-0.39, 0.29) is 38.6 Å². The summed E-state index contributed by atoms with van der Waals surface area (Å²) >= 11 is 0. The number of carboxylic acid groups (broad SMARTS) is 1. The summed E-state index contributed by atoms with van der Waals surface area (Å²) in [7, 11) is 5.91. The standard InChI is InChI=1S/C86H141NO8/c1-6-8-10-12-14-16-18-20-22-24-26-28-30-32-34-36-38-40-41-42-43-45-46-48-50-52-54-56-58-60-62-64-66-68-70-72-74-76-83(88)93-80-82(81-94-86(85(90)91)92-79-78-87(3,4)5)95-84(89)77-75-73-71-69-67-65-63-61-59-57-55-53-51-49-47-44-39-37-35-33-31-29-27-25-23-21-19-17-15-13-11-9-7-2/h8-11,14-17,20-23,26-29,33,35,39,44,49,51,55,57,61,63,67,69,82,86H,6-7,12-13,18-19,24-25,30-32,34,36-38,40-43,45-48,50,52-54,56,58-60,62,64-66,68,70-81H2,1-5H3/b10-8-,11-9-,16-14-,17-15-,22-20-,23-21-,28-26-,29-27-,35-33-,44-39-,51-49-,57-55-,63-61-,69-67-. The first kappa shape index (κ1) is 89.6. The largest absolute Gasteiger partial charge is 0.545 e. The molecule has 0 aliphatic heterocycles. The van der Waals surface area contributed by atoms with Crippen molar-refractivity contribution >= 4 is 17.9 Å². The quantitative estimate of drug-likeness (QED) is 0.0195. The lowest BCUT2D eigenvalue weighted by Crippen LogP contribution is -2.44. The zero-order chi connectivity index (χ0) is 69.0. The Morgan fingerprint density at radius 2 is 0.568 bits per heavy atom. The summed E-state index contributed by atoms with van der Waals surface area (Å²) in [5.41, 5.74) is 0. The minimum absolute atomic E-state index is 0.132. The van der Waals surface area contributed by atoms with Crippen molar-refractivity contribution in [2.75, 3.05) is 47.5 Å². The molecule has 95 heavy (non-hydrogen) atoms. The number of likely N-dealkylation sites (N-methyl/N-ethyl adjacent to an activating group) is 1. The SMILES string of the molecule is CC/C=C\C/C=C\C/C=C\C/C=C\C/C=C\C/C=C\C/C=C\C/C=C\C/C=C\C/C=C\CCCCC(=O)OC(COC(=O)CCCCCCCCCCCCCCCCCCCCCCCCCC/C=C\C/C=C\C/C=C\C/C=C\CC)COC(OCC[N+](C)(C)C)C(=O)[O-]. The Morgan fingerprint density at radius 3 is 0.863 bits per heavy atom. The molecule has 0 spiro atoms. The molecule has 0 aromatic carbocycles. The van der Waals surface area contributed by atoms with E-state index < -0.39 is 24.3 Å². The van der Waals surface area contributed by atoms with Crippen molar-refractivity contribution < 1.29 is 42.9 Å². The van der Waals surface area contributed by atoms with E-state index in [2.05, 4.69) is 184 Å². The summed E-state index contributed by atoms with van der Waals surface area (Å²) < 4.78 is 22.8. The first-order valence-corrected chi connectivity index (χ1v) is 38.3. The van der Waals surface area contributed by atoms with Crippen LogP contribution in [0.2, 0.25) is 0 Å². The minimum atomic E-state index is -1.64. The molecule has 0 heterocycles. The lowest BCUT2D eigenvalue weighted by atomic mass is 10.0. The maximum atomic E-state index is 12.9. The zero-order valence-corrected chi connectivity index (χ0v) is 61.5. The van der Waals surface area contributed by atoms with E-state index in [0.717, 1.165) is 122 Å². The summed E-state index contributed by atoms with van der Waals surface area (Å²) in [6.07, 6.45) is 109. The third kappa shape index (κ3) is 75.9. The Bertz CT molecular complexity index is 2170. The number of aliphatic carboxylic acids is 1. The molecule has 0 amide bonds. The zero-order valence-electron chi connectivity index (χ0n) is 61.5. The maximum Gasteiger partial charge on any atom is 0.306 e. The van der Waals surface area contributed by atoms with Crippen LogP contribution in [0.4, 0.5) is 0 Å². The molecule has 0 N–H and O–H groups in total. The molecule has 9 nitrogen and oxygen atoms in total. The average molecular weight is 1320 g/mol. The molecule has 0 bridgehead atoms. The van der Waals surface area contributed by atoms with Gasteiger partial charge in [-0.3, -0.25) is 9.59 Å². The van der Waals surface area contributed by atoms with E-state index in [1.807, 2.05) is 21.1 Å². The maximum absolute atomic E-state index is 12.9. The third-order valence-electron chi connectivity index (χ3n) is 16.0. The number of ether oxygens (including phenoxy) is 4. The number of nitrogens with zero attached hydrogens (tertiary/aromatic N) is 1. The molecule has 0 aromatic rings. The van der Waals surface area contributed by atoms with Crippen LogP contribution in [0.1, 0.15) is 296 Å². The molecule has 2 unspecified atom stereocenters. The van der Waals surface area contributed by atoms with Gasteiger partial charge < -0.3 is 33.3 Å². The molecule has 9 heteroatoms. The Morgan fingerprint density at radius 1 is 0.316 bits per heavy atom. The monoisotopic (exact) mass is 1320 g/mol. The van der Waals surface area contributed by atoms with Crippen molar-refractivity contribution in [3.05, 3.63) is 170 Å². The van der Waals surface area contributed by atoms with E-state index in [9.17, 15) is 19.5 Å². The first-order chi connectivity index (χ1) is 46.6. The number of carbonyl (C=O) groups excluding carboxylic acids is 3. The van der Waals surface area contributed by atoms with Gasteiger partial charge in [0.1, 0.15) is 13.2 Å². The van der Waals surface area contributed by atoms with Crippen LogP contribution in [-0.2, 0) is 33.3 Å². The Kier molecular flexibility index (Phi) is 70.2. The van der Waals surface area contributed by atoms with Crippen LogP contribution in [0.3, 0.4) is 0 Å². The molecule has 0 fully saturated rings. The lowest BCUT2D eigenvalue weighted by molar-refractivity contribution is -0.870. The fourth-order valence-corrected chi connectivity index (χ4v) is 10.2. The van der Waals surface area contributed by atoms with Gasteiger partial charge in [-0.15, -0.1) is 0 Å². The predicted octanol–water partition coefficient (Wildman–Crippen LogP) is 23.2. The molecular formula is C86H141NO8. The summed E-state index contributed by atoms with van der Waals surface area (Å²) in [5.74, 6) is -2.35. The van der Waals surface area contributed by atoms with Gasteiger partial charge in [0.15, 0.2) is 12.4 Å². The Balaban J connectivity index is 4.14. The van der Waals surface area contributed by atoms with Crippen molar-refractivity contribution in [1.29, 1.82) is 0 Å². The number of esters is 2. The Hall–Kier alpha value is -5.35. The number of allylic oxidation sites excluding steroid dienone is 28. The number of quaternary nitrogens is 1. The van der Waals surface area contributed by atoms with Crippen LogP contribution in [0, 0.1) is 0 Å². The number of unbranched alkanes of at least 4 members (excludes halogenated alkanes) is 26. The summed E-state index contributed by atoms with van der Waals surface area (Å²) in [6, 6.07) is 0. The second kappa shape index (κ2) is 74.4. The highest BCUT2D eigenvalue weighted by Crippen LogP contribution is 2.17. The van der Waals surface area contributed by atoms with Crippen LogP contribution >= 0.6 is 0 Å². The van der Waals surface area contributed by atoms with Gasteiger partial charge in [-0.2, -0.15) is 0 Å². The van der Waals surface area contributed by atoms with Gasteiger partial charge >= 0.3 is 11.9 Å². The molecule has 0 aliphatic rings. The van der Waals surface area contributed by atoms with Crippen molar-refractivity contribution in [3.63, 3.8) is 0 Å². The van der Waals surface area contributed by atoms with Crippen LogP contribution in [0.25, 0.3) is 0 Å². The predicted molar refractivity (Wildman–Crippen MR) is 407 cm³/mol. The van der Waals surface area contributed by atoms with Crippen LogP contribution < -0.4 is 5.11 Å². The van der Waals surface area contributed by atoms with Crippen LogP contribution in [0.5, 0.6) is 0 Å². The topological polar surface area (TPSA) is 111 Å².